The average molecular weight is 205 g/mol. The van der Waals surface area contributed by atoms with Crippen LogP contribution in [0, 0.1) is 6.92 Å². The van der Waals surface area contributed by atoms with Crippen molar-refractivity contribution >= 4 is 5.69 Å². The molecule has 0 aromatic heterocycles. The molecule has 0 amide bonds. The fourth-order valence-electron chi connectivity index (χ4n) is 2.19. The minimum Gasteiger partial charge on any atom is -0.393 e. The third-order valence-corrected chi connectivity index (χ3v) is 3.09. The standard InChI is InChI=1S/C13H19NO/c1-10-3-2-4-12(9-10)14-11-5-7-13(15)8-6-11/h2-4,9,11,13-15H,5-8H2,1H3. The summed E-state index contributed by atoms with van der Waals surface area (Å²) in [6, 6.07) is 9.00. The number of hydrogen-bond acceptors (Lipinski definition) is 2. The molecule has 15 heavy (non-hydrogen) atoms. The van der Waals surface area contributed by atoms with E-state index in [-0.39, 0.29) is 6.10 Å². The van der Waals surface area contributed by atoms with Gasteiger partial charge in [0.05, 0.1) is 6.10 Å². The Balaban J connectivity index is 1.92. The van der Waals surface area contributed by atoms with E-state index in [2.05, 4.69) is 36.5 Å². The molecule has 2 rings (SSSR count). The molecule has 0 spiro atoms. The lowest BCUT2D eigenvalue weighted by Gasteiger charge is -2.27. The van der Waals surface area contributed by atoms with E-state index in [0.29, 0.717) is 6.04 Å². The number of nitrogens with one attached hydrogen (secondary N) is 1. The van der Waals surface area contributed by atoms with Gasteiger partial charge < -0.3 is 10.4 Å². The summed E-state index contributed by atoms with van der Waals surface area (Å²) in [7, 11) is 0. The first-order chi connectivity index (χ1) is 7.24. The quantitative estimate of drug-likeness (QED) is 0.778. The summed E-state index contributed by atoms with van der Waals surface area (Å²) >= 11 is 0. The summed E-state index contributed by atoms with van der Waals surface area (Å²) in [5.41, 5.74) is 2.49. The van der Waals surface area contributed by atoms with Crippen molar-refractivity contribution in [2.75, 3.05) is 5.32 Å². The smallest absolute Gasteiger partial charge is 0.0541 e. The summed E-state index contributed by atoms with van der Waals surface area (Å²) < 4.78 is 0. The second-order valence-electron chi connectivity index (χ2n) is 4.52. The molecule has 0 saturated heterocycles. The summed E-state index contributed by atoms with van der Waals surface area (Å²) in [6.45, 7) is 2.11. The van der Waals surface area contributed by atoms with Crippen molar-refractivity contribution in [1.82, 2.24) is 0 Å². The molecule has 1 aromatic carbocycles. The molecule has 0 bridgehead atoms. The van der Waals surface area contributed by atoms with Crippen molar-refractivity contribution in [2.24, 2.45) is 0 Å². The monoisotopic (exact) mass is 205 g/mol. The number of aliphatic hydroxyl groups is 1. The fraction of sp³-hybridized carbons (Fsp3) is 0.538. The van der Waals surface area contributed by atoms with E-state index in [0.717, 1.165) is 25.7 Å². The third-order valence-electron chi connectivity index (χ3n) is 3.09. The molecule has 0 unspecified atom stereocenters. The number of aliphatic hydroxyl groups excluding tert-OH is 1. The molecule has 2 nitrogen and oxygen atoms in total. The highest BCUT2D eigenvalue weighted by Gasteiger charge is 2.18. The Morgan fingerprint density at radius 2 is 1.93 bits per heavy atom. The summed E-state index contributed by atoms with van der Waals surface area (Å²) in [4.78, 5) is 0. The van der Waals surface area contributed by atoms with Crippen LogP contribution in [0.5, 0.6) is 0 Å². The zero-order chi connectivity index (χ0) is 10.7. The van der Waals surface area contributed by atoms with Crippen molar-refractivity contribution in [1.29, 1.82) is 0 Å². The Kier molecular flexibility index (Phi) is 3.27. The second kappa shape index (κ2) is 4.67. The molecule has 1 aromatic rings. The van der Waals surface area contributed by atoms with Crippen LogP contribution < -0.4 is 5.32 Å². The molecular formula is C13H19NO. The molecule has 1 aliphatic rings. The van der Waals surface area contributed by atoms with Gasteiger partial charge in [0.2, 0.25) is 0 Å². The van der Waals surface area contributed by atoms with Crippen LogP contribution in [0.3, 0.4) is 0 Å². The lowest BCUT2D eigenvalue weighted by Crippen LogP contribution is -2.28. The molecule has 1 saturated carbocycles. The molecule has 82 valence electrons. The molecule has 0 atom stereocenters. The topological polar surface area (TPSA) is 32.3 Å². The van der Waals surface area contributed by atoms with Crippen LogP contribution in [-0.4, -0.2) is 17.3 Å². The molecule has 0 radical (unpaired) electrons. The first-order valence-corrected chi connectivity index (χ1v) is 5.75. The molecule has 1 aliphatic carbocycles. The predicted molar refractivity (Wildman–Crippen MR) is 63.1 cm³/mol. The summed E-state index contributed by atoms with van der Waals surface area (Å²) in [5.74, 6) is 0. The first-order valence-electron chi connectivity index (χ1n) is 5.75. The minimum absolute atomic E-state index is 0.0689. The van der Waals surface area contributed by atoms with Gasteiger partial charge in [0.1, 0.15) is 0 Å². The zero-order valence-electron chi connectivity index (χ0n) is 9.24. The number of hydrogen-bond donors (Lipinski definition) is 2. The Bertz CT molecular complexity index is 316. The lowest BCUT2D eigenvalue weighted by molar-refractivity contribution is 0.126. The van der Waals surface area contributed by atoms with E-state index in [1.54, 1.807) is 0 Å². The van der Waals surface area contributed by atoms with Crippen LogP contribution in [-0.2, 0) is 0 Å². The highest BCUT2D eigenvalue weighted by atomic mass is 16.3. The summed E-state index contributed by atoms with van der Waals surface area (Å²) in [5, 5.41) is 12.9. The maximum absolute atomic E-state index is 9.41. The van der Waals surface area contributed by atoms with Gasteiger partial charge in [-0.25, -0.2) is 0 Å². The Hall–Kier alpha value is -1.02. The normalized spacial score (nSPS) is 26.3. The average Bonchev–Trinajstić information content (AvgIpc) is 2.22. The van der Waals surface area contributed by atoms with Crippen LogP contribution >= 0.6 is 0 Å². The van der Waals surface area contributed by atoms with Gasteiger partial charge in [-0.3, -0.25) is 0 Å². The van der Waals surface area contributed by atoms with Crippen molar-refractivity contribution in [3.8, 4) is 0 Å². The van der Waals surface area contributed by atoms with Gasteiger partial charge in [-0.05, 0) is 50.3 Å². The third kappa shape index (κ3) is 2.96. The van der Waals surface area contributed by atoms with Crippen LogP contribution in [0.1, 0.15) is 31.2 Å². The molecule has 1 fully saturated rings. The van der Waals surface area contributed by atoms with E-state index in [1.807, 2.05) is 0 Å². The number of rotatable bonds is 2. The van der Waals surface area contributed by atoms with E-state index >= 15 is 0 Å². The number of aryl methyl sites for hydroxylation is 1. The minimum atomic E-state index is -0.0689. The number of benzene rings is 1. The molecular weight excluding hydrogens is 186 g/mol. The molecule has 0 aliphatic heterocycles. The van der Waals surface area contributed by atoms with E-state index in [9.17, 15) is 5.11 Å². The maximum Gasteiger partial charge on any atom is 0.0541 e. The highest BCUT2D eigenvalue weighted by molar-refractivity contribution is 5.46. The van der Waals surface area contributed by atoms with Crippen molar-refractivity contribution in [3.63, 3.8) is 0 Å². The van der Waals surface area contributed by atoms with E-state index in [4.69, 9.17) is 0 Å². The fourth-order valence-corrected chi connectivity index (χ4v) is 2.19. The van der Waals surface area contributed by atoms with Gasteiger partial charge in [0.15, 0.2) is 0 Å². The highest BCUT2D eigenvalue weighted by Crippen LogP contribution is 2.22. The van der Waals surface area contributed by atoms with Crippen LogP contribution in [0.2, 0.25) is 0 Å². The van der Waals surface area contributed by atoms with Crippen LogP contribution in [0.15, 0.2) is 24.3 Å². The van der Waals surface area contributed by atoms with Gasteiger partial charge in [-0.2, -0.15) is 0 Å². The zero-order valence-corrected chi connectivity index (χ0v) is 9.24. The Morgan fingerprint density at radius 3 is 2.60 bits per heavy atom. The largest absolute Gasteiger partial charge is 0.393 e. The van der Waals surface area contributed by atoms with Crippen LogP contribution in [0.25, 0.3) is 0 Å². The van der Waals surface area contributed by atoms with Crippen LogP contribution in [0.4, 0.5) is 5.69 Å². The summed E-state index contributed by atoms with van der Waals surface area (Å²) in [6.07, 6.45) is 3.96. The molecule has 2 N–H and O–H groups in total. The first kappa shape index (κ1) is 10.5. The van der Waals surface area contributed by atoms with E-state index in [1.165, 1.54) is 11.3 Å². The van der Waals surface area contributed by atoms with Crippen molar-refractivity contribution < 1.29 is 5.11 Å². The Labute approximate surface area is 91.3 Å². The van der Waals surface area contributed by atoms with Gasteiger partial charge in [-0.1, -0.05) is 12.1 Å². The maximum atomic E-state index is 9.41. The van der Waals surface area contributed by atoms with Gasteiger partial charge in [-0.15, -0.1) is 0 Å². The van der Waals surface area contributed by atoms with Crippen molar-refractivity contribution in [3.05, 3.63) is 29.8 Å². The second-order valence-corrected chi connectivity index (χ2v) is 4.52. The van der Waals surface area contributed by atoms with Gasteiger partial charge in [0, 0.05) is 11.7 Å². The van der Waals surface area contributed by atoms with Gasteiger partial charge >= 0.3 is 0 Å². The Morgan fingerprint density at radius 1 is 1.20 bits per heavy atom. The SMILES string of the molecule is Cc1cccc(NC2CCC(O)CC2)c1. The van der Waals surface area contributed by atoms with Gasteiger partial charge in [0.25, 0.3) is 0 Å². The lowest BCUT2D eigenvalue weighted by atomic mass is 9.93. The van der Waals surface area contributed by atoms with E-state index < -0.39 is 0 Å². The molecule has 0 heterocycles. The predicted octanol–water partition coefficient (Wildman–Crippen LogP) is 2.71. The number of anilines is 1. The molecule has 2 heteroatoms. The van der Waals surface area contributed by atoms with Crippen molar-refractivity contribution in [2.45, 2.75) is 44.8 Å².